The number of hydrogen-bond donors (Lipinski definition) is 1. The van der Waals surface area contributed by atoms with Gasteiger partial charge in [0.25, 0.3) is 5.56 Å². The van der Waals surface area contributed by atoms with Gasteiger partial charge in [-0.05, 0) is 47.9 Å². The maximum absolute atomic E-state index is 15.7. The molecule has 6 rings (SSSR count). The summed E-state index contributed by atoms with van der Waals surface area (Å²) in [4.78, 5) is 55.5. The van der Waals surface area contributed by atoms with Crippen molar-refractivity contribution in [1.29, 1.82) is 0 Å². The molecule has 0 saturated carbocycles. The van der Waals surface area contributed by atoms with E-state index >= 15 is 4.39 Å². The van der Waals surface area contributed by atoms with Crippen LogP contribution in [0.3, 0.4) is 0 Å². The van der Waals surface area contributed by atoms with E-state index < -0.39 is 41.0 Å². The molecule has 0 amide bonds. The molecule has 0 atom stereocenters. The number of aryl methyl sites for hydroxylation is 1. The summed E-state index contributed by atoms with van der Waals surface area (Å²) in [5, 5.41) is 3.95. The van der Waals surface area contributed by atoms with Crippen molar-refractivity contribution >= 4 is 78.7 Å². The Morgan fingerprint density at radius 1 is 0.978 bits per heavy atom. The van der Waals surface area contributed by atoms with Gasteiger partial charge in [0.15, 0.2) is 23.2 Å². The maximum atomic E-state index is 15.7. The first kappa shape index (κ1) is 33.6. The summed E-state index contributed by atoms with van der Waals surface area (Å²) in [5.41, 5.74) is 0.246. The number of carbonyl (C=O) groups is 1. The van der Waals surface area contributed by atoms with Gasteiger partial charge in [-0.2, -0.15) is 0 Å². The fourth-order valence-corrected chi connectivity index (χ4v) is 6.16. The van der Waals surface area contributed by atoms with Crippen molar-refractivity contribution in [2.24, 2.45) is 0 Å². The molecule has 0 bridgehead atoms. The molecule has 0 aliphatic rings. The van der Waals surface area contributed by atoms with E-state index in [1.165, 1.54) is 47.3 Å². The van der Waals surface area contributed by atoms with E-state index in [1.54, 1.807) is 36.4 Å². The first-order valence-corrected chi connectivity index (χ1v) is 14.6. The van der Waals surface area contributed by atoms with Crippen molar-refractivity contribution in [3.63, 3.8) is 0 Å². The number of rotatable bonds is 9. The summed E-state index contributed by atoms with van der Waals surface area (Å²) >= 11 is 1.24. The Balaban J connectivity index is 0.00000417. The first-order chi connectivity index (χ1) is 21.7. The molecule has 0 aliphatic carbocycles. The molecular weight excluding hydrogens is 646 g/mol. The monoisotopic (exact) mass is 670 g/mol. The number of hydrogen-bond acceptors (Lipinski definition) is 8. The third-order valence-electron chi connectivity index (χ3n) is 7.38. The van der Waals surface area contributed by atoms with Crippen LogP contribution in [-0.2, 0) is 19.5 Å². The molecule has 230 valence electrons. The average molecular weight is 671 g/mol. The molecule has 1 N–H and O–H groups in total. The third-order valence-corrected chi connectivity index (χ3v) is 8.69. The number of H-pyrrole nitrogens is 1. The van der Waals surface area contributed by atoms with E-state index in [0.29, 0.717) is 27.9 Å². The number of benzene rings is 3. The van der Waals surface area contributed by atoms with E-state index in [2.05, 4.69) is 14.7 Å². The van der Waals surface area contributed by atoms with Gasteiger partial charge in [0.1, 0.15) is 10.6 Å². The number of Topliss-reactive ketones (excluding diaryl/α,β-unsaturated/α-hetero) is 1. The fourth-order valence-electron chi connectivity index (χ4n) is 5.08. The average Bonchev–Trinajstić information content (AvgIpc) is 3.68. The molecule has 0 spiro atoms. The Morgan fingerprint density at radius 2 is 1.74 bits per heavy atom. The summed E-state index contributed by atoms with van der Waals surface area (Å²) in [6.45, 7) is 1.03. The first-order valence-electron chi connectivity index (χ1n) is 13.8. The molecule has 3 aromatic heterocycles. The van der Waals surface area contributed by atoms with Gasteiger partial charge in [0.05, 0.1) is 25.6 Å². The molecule has 10 nitrogen and oxygen atoms in total. The number of halogens is 2. The van der Waals surface area contributed by atoms with E-state index in [-0.39, 0.29) is 86.0 Å². The topological polar surface area (TPSA) is 129 Å². The number of ether oxygens (including phenoxy) is 1. The van der Waals surface area contributed by atoms with Crippen molar-refractivity contribution < 1.29 is 22.8 Å². The predicted octanol–water partition coefficient (Wildman–Crippen LogP) is 4.37. The van der Waals surface area contributed by atoms with E-state index in [0.717, 1.165) is 15.5 Å². The van der Waals surface area contributed by atoms with Crippen LogP contribution in [0.25, 0.3) is 32.7 Å². The van der Waals surface area contributed by atoms with Crippen molar-refractivity contribution in [2.45, 2.75) is 26.4 Å². The number of aromatic amines is 1. The zero-order valence-corrected chi connectivity index (χ0v) is 24.7. The molecule has 3 aromatic carbocycles. The van der Waals surface area contributed by atoms with Gasteiger partial charge < -0.3 is 4.74 Å². The van der Waals surface area contributed by atoms with Crippen LogP contribution in [0, 0.1) is 11.6 Å². The number of aromatic nitrogens is 4. The number of thiophene rings is 1. The Kier molecular flexibility index (Phi) is 10.1. The Bertz CT molecular complexity index is 2290. The number of carbonyl (C=O) groups excluding carboxylic acids is 1. The number of nitrogens with zero attached hydrogens (tertiary/aromatic N) is 3. The number of methoxy groups -OCH3 is 1. The molecule has 0 unspecified atom stereocenters. The molecule has 0 fully saturated rings. The van der Waals surface area contributed by atoms with Crippen LogP contribution in [-0.4, -0.2) is 83.6 Å². The minimum absolute atomic E-state index is 0. The van der Waals surface area contributed by atoms with E-state index in [4.69, 9.17) is 4.74 Å². The van der Waals surface area contributed by atoms with E-state index in [1.807, 2.05) is 6.92 Å². The molecule has 0 saturated heterocycles. The predicted molar refractivity (Wildman–Crippen MR) is 171 cm³/mol. The van der Waals surface area contributed by atoms with Gasteiger partial charge in [-0.1, -0.05) is 48.5 Å². The zero-order valence-electron chi connectivity index (χ0n) is 23.9. The van der Waals surface area contributed by atoms with Crippen LogP contribution in [0.5, 0.6) is 5.75 Å². The zero-order chi connectivity index (χ0) is 31.8. The van der Waals surface area contributed by atoms with Crippen molar-refractivity contribution in [3.8, 4) is 28.3 Å². The van der Waals surface area contributed by atoms with Gasteiger partial charge in [0.2, 0.25) is 0 Å². The number of nitrogens with one attached hydrogen (secondary N) is 1. The van der Waals surface area contributed by atoms with Gasteiger partial charge >= 0.3 is 62.8 Å². The molecule has 14 heteroatoms. The van der Waals surface area contributed by atoms with Crippen LogP contribution in [0.15, 0.2) is 85.6 Å². The quantitative estimate of drug-likeness (QED) is 0.179. The summed E-state index contributed by atoms with van der Waals surface area (Å²) in [6, 6.07) is 16.7. The molecule has 3 heterocycles. The summed E-state index contributed by atoms with van der Waals surface area (Å²) < 4.78 is 41.6. The molecular formula is C32H25F2KN4O6S. The van der Waals surface area contributed by atoms with Crippen molar-refractivity contribution in [2.75, 3.05) is 7.11 Å². The molecule has 6 aromatic rings. The third kappa shape index (κ3) is 6.41. The Hall–Kier alpha value is -3.79. The van der Waals surface area contributed by atoms with Crippen molar-refractivity contribution in [3.05, 3.63) is 126 Å². The van der Waals surface area contributed by atoms with Crippen LogP contribution in [0.1, 0.15) is 27.7 Å². The second kappa shape index (κ2) is 13.9. The minimum atomic E-state index is -0.803. The van der Waals surface area contributed by atoms with Gasteiger partial charge in [-0.15, -0.1) is 11.3 Å². The van der Waals surface area contributed by atoms with Crippen LogP contribution in [0.2, 0.25) is 0 Å². The van der Waals surface area contributed by atoms with Crippen LogP contribution < -0.4 is 21.7 Å². The van der Waals surface area contributed by atoms with Crippen LogP contribution >= 0.6 is 11.3 Å². The summed E-state index contributed by atoms with van der Waals surface area (Å²) in [6.07, 6.45) is 0.594. The fraction of sp³-hybridized carbons (Fsp3) is 0.156. The summed E-state index contributed by atoms with van der Waals surface area (Å²) in [7, 11) is 1.29. The second-order valence-electron chi connectivity index (χ2n) is 10.1. The normalized spacial score (nSPS) is 11.0. The SMILES string of the molecule is CCc1cc2c(=O)n(CC(=O)c3ccc(OC)c(F)c3)c(=O)n(Cc3ccc(-c4ccccc4-c4noc(=O)[nH]4)cc3F)c2s1.[KH]. The van der Waals surface area contributed by atoms with Crippen molar-refractivity contribution in [1.82, 2.24) is 19.3 Å². The van der Waals surface area contributed by atoms with Crippen LogP contribution in [0.4, 0.5) is 8.78 Å². The Morgan fingerprint density at radius 3 is 2.39 bits per heavy atom. The van der Waals surface area contributed by atoms with E-state index in [9.17, 15) is 23.6 Å². The summed E-state index contributed by atoms with van der Waals surface area (Å²) in [5.74, 6) is -2.63. The number of fused-ring (bicyclic) bond motifs is 1. The Labute approximate surface area is 305 Å². The van der Waals surface area contributed by atoms with Gasteiger partial charge in [-0.25, -0.2) is 18.4 Å². The molecule has 46 heavy (non-hydrogen) atoms. The second-order valence-corrected chi connectivity index (χ2v) is 11.2. The molecule has 0 aliphatic heterocycles. The standard InChI is InChI=1S/C32H24F2N4O6S.K.H/c1-3-20-14-23-29(40)37(16-26(39)18-10-11-27(43-2)25(34)13-18)32(42)38(30(23)45-20)15-19-9-8-17(12-24(19)33)21-6-4-5-7-22(21)28-35-31(41)44-36-28;;/h4-14H,3,15-16H2,1-2H3,(H,35,36,41);;. The number of ketones is 1. The van der Waals surface area contributed by atoms with Gasteiger partial charge in [0, 0.05) is 21.6 Å². The van der Waals surface area contributed by atoms with Gasteiger partial charge in [-0.3, -0.25) is 28.2 Å². The molecule has 0 radical (unpaired) electrons.